The Balaban J connectivity index is 1.93. The number of carbonyl (C=O) groups is 1. The predicted octanol–water partition coefficient (Wildman–Crippen LogP) is 3.27. The summed E-state index contributed by atoms with van der Waals surface area (Å²) in [6, 6.07) is 4.23. The molecule has 1 atom stereocenters. The number of nitrogens with one attached hydrogen (secondary N) is 1. The molecule has 1 aliphatic heterocycles. The van der Waals surface area contributed by atoms with E-state index in [1.54, 1.807) is 11.0 Å². The number of hydrogen-bond donors (Lipinski definition) is 1. The first-order valence-electron chi connectivity index (χ1n) is 7.22. The van der Waals surface area contributed by atoms with Crippen LogP contribution in [0.2, 0.25) is 5.02 Å². The molecular formula is C15H16ClFN4O. The van der Waals surface area contributed by atoms with Gasteiger partial charge < -0.3 is 4.90 Å². The molecule has 116 valence electrons. The highest BCUT2D eigenvalue weighted by molar-refractivity contribution is 6.31. The summed E-state index contributed by atoms with van der Waals surface area (Å²) in [6.45, 7) is 2.37. The highest BCUT2D eigenvalue weighted by Crippen LogP contribution is 2.31. The van der Waals surface area contributed by atoms with Crippen molar-refractivity contribution in [3.8, 4) is 0 Å². The minimum atomic E-state index is -0.676. The summed E-state index contributed by atoms with van der Waals surface area (Å²) in [5.74, 6) is 0.228. The van der Waals surface area contributed by atoms with E-state index in [1.807, 2.05) is 6.92 Å². The normalized spacial score (nSPS) is 18.5. The van der Waals surface area contributed by atoms with Crippen molar-refractivity contribution < 1.29 is 9.18 Å². The number of hydrogen-bond acceptors (Lipinski definition) is 3. The largest absolute Gasteiger partial charge is 0.328 e. The first kappa shape index (κ1) is 15.0. The third kappa shape index (κ3) is 2.70. The smallest absolute Gasteiger partial charge is 0.257 e. The van der Waals surface area contributed by atoms with Crippen molar-refractivity contribution in [1.29, 1.82) is 0 Å². The van der Waals surface area contributed by atoms with Crippen LogP contribution in [0, 0.1) is 12.7 Å². The van der Waals surface area contributed by atoms with Gasteiger partial charge in [0.2, 0.25) is 0 Å². The Kier molecular flexibility index (Phi) is 4.11. The van der Waals surface area contributed by atoms with Gasteiger partial charge in [0.15, 0.2) is 11.6 Å². The summed E-state index contributed by atoms with van der Waals surface area (Å²) in [4.78, 5) is 18.7. The zero-order chi connectivity index (χ0) is 15.7. The summed E-state index contributed by atoms with van der Waals surface area (Å²) >= 11 is 5.78. The maximum Gasteiger partial charge on any atom is 0.257 e. The van der Waals surface area contributed by atoms with Gasteiger partial charge in [-0.25, -0.2) is 9.37 Å². The van der Waals surface area contributed by atoms with Crippen molar-refractivity contribution in [2.75, 3.05) is 6.54 Å². The van der Waals surface area contributed by atoms with Gasteiger partial charge in [0.05, 0.1) is 16.6 Å². The number of carbonyl (C=O) groups excluding carboxylic acids is 1. The number of likely N-dealkylation sites (tertiary alicyclic amines) is 1. The Bertz CT molecular complexity index is 703. The van der Waals surface area contributed by atoms with Crippen molar-refractivity contribution in [2.45, 2.75) is 32.2 Å². The zero-order valence-electron chi connectivity index (χ0n) is 12.1. The molecule has 0 radical (unpaired) electrons. The third-order valence-corrected chi connectivity index (χ3v) is 4.15. The van der Waals surface area contributed by atoms with Gasteiger partial charge in [-0.2, -0.15) is 5.10 Å². The quantitative estimate of drug-likeness (QED) is 0.923. The second-order valence-electron chi connectivity index (χ2n) is 5.39. The van der Waals surface area contributed by atoms with Gasteiger partial charge >= 0.3 is 0 Å². The molecule has 1 amide bonds. The van der Waals surface area contributed by atoms with Crippen molar-refractivity contribution in [3.63, 3.8) is 0 Å². The van der Waals surface area contributed by atoms with E-state index in [1.165, 1.54) is 12.1 Å². The molecule has 5 nitrogen and oxygen atoms in total. The summed E-state index contributed by atoms with van der Waals surface area (Å²) in [6.07, 6.45) is 2.64. The van der Waals surface area contributed by atoms with E-state index >= 15 is 0 Å². The van der Waals surface area contributed by atoms with Gasteiger partial charge in [-0.3, -0.25) is 9.89 Å². The molecule has 1 aromatic heterocycles. The van der Waals surface area contributed by atoms with Gasteiger partial charge in [-0.1, -0.05) is 17.7 Å². The average molecular weight is 323 g/mol. The maximum absolute atomic E-state index is 14.1. The number of nitrogens with zero attached hydrogens (tertiary/aromatic N) is 3. The van der Waals surface area contributed by atoms with Crippen LogP contribution in [0.4, 0.5) is 4.39 Å². The number of benzene rings is 1. The number of rotatable bonds is 2. The van der Waals surface area contributed by atoms with Gasteiger partial charge in [-0.05, 0) is 38.3 Å². The molecule has 0 spiro atoms. The Morgan fingerprint density at radius 2 is 2.27 bits per heavy atom. The van der Waals surface area contributed by atoms with E-state index in [0.29, 0.717) is 18.2 Å². The van der Waals surface area contributed by atoms with E-state index in [-0.39, 0.29) is 22.5 Å². The van der Waals surface area contributed by atoms with Crippen molar-refractivity contribution in [3.05, 3.63) is 46.3 Å². The molecule has 0 unspecified atom stereocenters. The van der Waals surface area contributed by atoms with Crippen molar-refractivity contribution >= 4 is 17.5 Å². The minimum Gasteiger partial charge on any atom is -0.328 e. The number of aromatic nitrogens is 3. The Hall–Kier alpha value is -1.95. The van der Waals surface area contributed by atoms with Crippen LogP contribution in [0.25, 0.3) is 0 Å². The molecule has 1 aromatic carbocycles. The fourth-order valence-corrected chi connectivity index (χ4v) is 2.95. The van der Waals surface area contributed by atoms with Crippen LogP contribution in [-0.2, 0) is 0 Å². The van der Waals surface area contributed by atoms with E-state index in [0.717, 1.165) is 19.3 Å². The molecule has 0 bridgehead atoms. The van der Waals surface area contributed by atoms with E-state index in [4.69, 9.17) is 11.6 Å². The Labute approximate surface area is 132 Å². The van der Waals surface area contributed by atoms with Crippen LogP contribution < -0.4 is 0 Å². The molecule has 0 saturated carbocycles. The highest BCUT2D eigenvalue weighted by Gasteiger charge is 2.32. The lowest BCUT2D eigenvalue weighted by Crippen LogP contribution is -2.39. The lowest BCUT2D eigenvalue weighted by molar-refractivity contribution is 0.0595. The summed E-state index contributed by atoms with van der Waals surface area (Å²) < 4.78 is 14.1. The molecule has 22 heavy (non-hydrogen) atoms. The van der Waals surface area contributed by atoms with Gasteiger partial charge in [0.25, 0.3) is 5.91 Å². The monoisotopic (exact) mass is 322 g/mol. The van der Waals surface area contributed by atoms with Crippen LogP contribution in [-0.4, -0.2) is 32.5 Å². The van der Waals surface area contributed by atoms with Crippen LogP contribution in [0.5, 0.6) is 0 Å². The number of amides is 1. The van der Waals surface area contributed by atoms with Crippen LogP contribution in [0.1, 0.15) is 47.3 Å². The number of aromatic amines is 1. The summed E-state index contributed by atoms with van der Waals surface area (Å²) in [5, 5.41) is 6.90. The van der Waals surface area contributed by atoms with E-state index in [2.05, 4.69) is 15.2 Å². The highest BCUT2D eigenvalue weighted by atomic mass is 35.5. The second-order valence-corrected chi connectivity index (χ2v) is 5.80. The number of aryl methyl sites for hydroxylation is 1. The fraction of sp³-hybridized carbons (Fsp3) is 0.400. The van der Waals surface area contributed by atoms with Crippen molar-refractivity contribution in [1.82, 2.24) is 20.1 Å². The third-order valence-electron chi connectivity index (χ3n) is 3.86. The summed E-state index contributed by atoms with van der Waals surface area (Å²) in [7, 11) is 0. The zero-order valence-corrected chi connectivity index (χ0v) is 12.9. The molecule has 1 fully saturated rings. The average Bonchev–Trinajstić information content (AvgIpc) is 2.96. The minimum absolute atomic E-state index is 0.00772. The molecule has 2 aromatic rings. The first-order chi connectivity index (χ1) is 10.6. The lowest BCUT2D eigenvalue weighted by Gasteiger charge is -2.34. The lowest BCUT2D eigenvalue weighted by atomic mass is 10.00. The molecule has 0 aliphatic carbocycles. The first-order valence-corrected chi connectivity index (χ1v) is 7.59. The van der Waals surface area contributed by atoms with Crippen LogP contribution in [0.15, 0.2) is 18.2 Å². The topological polar surface area (TPSA) is 61.9 Å². The number of piperidine rings is 1. The van der Waals surface area contributed by atoms with E-state index in [9.17, 15) is 9.18 Å². The number of halogens is 2. The van der Waals surface area contributed by atoms with Gasteiger partial charge in [0, 0.05) is 6.54 Å². The molecule has 3 rings (SSSR count). The second kappa shape index (κ2) is 6.04. The summed E-state index contributed by atoms with van der Waals surface area (Å²) in [5.41, 5.74) is -0.00772. The molecule has 1 aliphatic rings. The molecule has 7 heteroatoms. The molecule has 2 heterocycles. The fourth-order valence-electron chi connectivity index (χ4n) is 2.78. The molecule has 1 saturated heterocycles. The van der Waals surface area contributed by atoms with Gasteiger partial charge in [0.1, 0.15) is 5.82 Å². The molecule has 1 N–H and O–H groups in total. The maximum atomic E-state index is 14.1. The number of H-pyrrole nitrogens is 1. The standard InChI is InChI=1S/C15H16ClFN4O/c1-9-18-14(20-19-9)12-7-2-3-8-21(12)15(22)10-5-4-6-11(16)13(10)17/h4-6,12H,2-3,7-8H2,1H3,(H,18,19,20)/t12-/m0/s1. The Morgan fingerprint density at radius 1 is 1.45 bits per heavy atom. The van der Waals surface area contributed by atoms with Crippen LogP contribution in [0.3, 0.4) is 0 Å². The van der Waals surface area contributed by atoms with Crippen LogP contribution >= 0.6 is 11.6 Å². The SMILES string of the molecule is Cc1nc([C@@H]2CCCCN2C(=O)c2cccc(Cl)c2F)n[nH]1. The molecular weight excluding hydrogens is 307 g/mol. The van der Waals surface area contributed by atoms with E-state index < -0.39 is 5.82 Å². The van der Waals surface area contributed by atoms with Crippen molar-refractivity contribution in [2.24, 2.45) is 0 Å². The predicted molar refractivity (Wildman–Crippen MR) is 80.2 cm³/mol. The Morgan fingerprint density at radius 3 is 3.00 bits per heavy atom. The van der Waals surface area contributed by atoms with Gasteiger partial charge in [-0.15, -0.1) is 0 Å².